The van der Waals surface area contributed by atoms with E-state index in [1.165, 1.54) is 58.9 Å². The molecule has 3 aliphatic rings. The summed E-state index contributed by atoms with van der Waals surface area (Å²) in [6.07, 6.45) is 0.181. The number of β-lactam (4-membered cyclic amide) rings is 1. The van der Waals surface area contributed by atoms with Crippen molar-refractivity contribution in [3.8, 4) is 11.5 Å². The van der Waals surface area contributed by atoms with E-state index >= 15 is 0 Å². The highest BCUT2D eigenvalue weighted by molar-refractivity contribution is 8.01. The van der Waals surface area contributed by atoms with Crippen molar-refractivity contribution in [2.75, 3.05) is 29.5 Å². The Hall–Kier alpha value is -6.33. The average molecular weight is 839 g/mol. The maximum atomic E-state index is 14.1. The maximum absolute atomic E-state index is 14.1. The largest absolute Gasteiger partial charge is 0.477 e. The molecule has 3 aliphatic heterocycles. The van der Waals surface area contributed by atoms with Gasteiger partial charge in [0.25, 0.3) is 5.91 Å². The molecule has 296 valence electrons. The van der Waals surface area contributed by atoms with Crippen molar-refractivity contribution in [3.63, 3.8) is 0 Å². The zero-order chi connectivity index (χ0) is 41.0. The van der Waals surface area contributed by atoms with Crippen molar-refractivity contribution < 1.29 is 57.7 Å². The lowest BCUT2D eigenvalue weighted by Crippen LogP contribution is -2.85. The number of nitrogens with zero attached hydrogens (tertiary/aromatic N) is 5. The number of ether oxygens (including phenoxy) is 2. The van der Waals surface area contributed by atoms with Gasteiger partial charge < -0.3 is 35.4 Å². The van der Waals surface area contributed by atoms with Gasteiger partial charge in [0.05, 0.1) is 0 Å². The number of hydrogen-bond acceptors (Lipinski definition) is 16. The molecule has 0 saturated carbocycles. The van der Waals surface area contributed by atoms with Crippen LogP contribution >= 0.6 is 34.9 Å². The van der Waals surface area contributed by atoms with E-state index in [0.717, 1.165) is 35.4 Å². The second-order valence-electron chi connectivity index (χ2n) is 12.2. The molecule has 0 radical (unpaired) electrons. The summed E-state index contributed by atoms with van der Waals surface area (Å²) in [7, 11) is 0. The van der Waals surface area contributed by atoms with Gasteiger partial charge in [-0.15, -0.1) is 22.0 Å². The number of amides is 7. The third-order valence-electron chi connectivity index (χ3n) is 8.55. The van der Waals surface area contributed by atoms with Gasteiger partial charge in [0.1, 0.15) is 22.6 Å². The van der Waals surface area contributed by atoms with Gasteiger partial charge in [-0.1, -0.05) is 53.4 Å². The van der Waals surface area contributed by atoms with Crippen molar-refractivity contribution in [3.05, 3.63) is 70.9 Å². The highest BCUT2D eigenvalue weighted by Crippen LogP contribution is 2.46. The second-order valence-corrected chi connectivity index (χ2v) is 15.3. The molecule has 1 unspecified atom stereocenters. The lowest BCUT2D eigenvalue weighted by atomic mass is 9.94. The van der Waals surface area contributed by atoms with Crippen LogP contribution in [0.3, 0.4) is 0 Å². The van der Waals surface area contributed by atoms with Gasteiger partial charge in [-0.2, -0.15) is 0 Å². The number of fused-ring (bicyclic) bond motifs is 1. The molecule has 20 nitrogen and oxygen atoms in total. The number of carbonyl (C=O) groups excluding carboxylic acids is 8. The van der Waals surface area contributed by atoms with E-state index in [2.05, 4.69) is 26.1 Å². The minimum Gasteiger partial charge on any atom is -0.477 e. The Kier molecular flexibility index (Phi) is 11.9. The van der Waals surface area contributed by atoms with Crippen LogP contribution in [0.15, 0.2) is 69.7 Å². The van der Waals surface area contributed by atoms with Gasteiger partial charge in [-0.25, -0.2) is 9.59 Å². The molecule has 3 aromatic rings. The first kappa shape index (κ1) is 40.3. The van der Waals surface area contributed by atoms with Crippen molar-refractivity contribution in [2.24, 2.45) is 0 Å². The Morgan fingerprint density at radius 1 is 1.02 bits per heavy atom. The Morgan fingerprint density at radius 2 is 1.74 bits per heavy atom. The molecule has 7 amide bonds. The average Bonchev–Trinajstić information content (AvgIpc) is 3.71. The van der Waals surface area contributed by atoms with E-state index in [4.69, 9.17) is 9.47 Å². The standard InChI is InChI=1S/C34H30N8O12S3/c1-17(44)53-22-9-8-21(12-23(22)54-18(2)45)40-10-11-41(28(48)27(40)47)32(52)37-24(19-6-4-3-5-7-19)26(46)38-34(35-15-43)30(51)42-25(29(49)50)20(13-55-31(34)42)14-56-33-39-36-16-57-33/h3-9,12,15-16,24,31H,10-11,13-14H2,1-2H3,(H,35,43)(H,37,52)(H,38,46)(H,49,50)/t24?,31-,34+/m0/s1. The van der Waals surface area contributed by atoms with Crippen molar-refractivity contribution >= 4 is 94.5 Å². The number of imide groups is 1. The summed E-state index contributed by atoms with van der Waals surface area (Å²) in [5, 5.41) is 24.0. The van der Waals surface area contributed by atoms with Gasteiger partial charge in [-0.3, -0.25) is 43.4 Å². The van der Waals surface area contributed by atoms with Crippen LogP contribution in [0, 0.1) is 0 Å². The van der Waals surface area contributed by atoms with Gasteiger partial charge in [-0.05, 0) is 23.3 Å². The molecule has 2 saturated heterocycles. The summed E-state index contributed by atoms with van der Waals surface area (Å²) >= 11 is 3.59. The molecule has 0 spiro atoms. The van der Waals surface area contributed by atoms with E-state index in [1.807, 2.05) is 0 Å². The number of rotatable bonds is 13. The SMILES string of the molecule is CC(=O)Oc1ccc(N2CCN(C(=O)NC(C(=O)N[C@]3(NC=O)C(=O)N4C(C(=O)O)=C(CSc5nncs5)CS[C@H]43)c3ccccc3)C(=O)C2=O)cc1OC(C)=O. The summed E-state index contributed by atoms with van der Waals surface area (Å²) in [5.74, 6) is -7.28. The fraction of sp³-hybridized carbons (Fsp3) is 0.265. The van der Waals surface area contributed by atoms with E-state index in [-0.39, 0.29) is 59.5 Å². The van der Waals surface area contributed by atoms with Crippen LogP contribution in [0.25, 0.3) is 0 Å². The van der Waals surface area contributed by atoms with Crippen LogP contribution < -0.4 is 30.3 Å². The van der Waals surface area contributed by atoms with Crippen molar-refractivity contribution in [1.29, 1.82) is 0 Å². The fourth-order valence-corrected chi connectivity index (χ4v) is 9.16. The molecule has 23 heteroatoms. The summed E-state index contributed by atoms with van der Waals surface area (Å²) in [4.78, 5) is 118. The number of piperazine rings is 1. The topological polar surface area (TPSA) is 264 Å². The van der Waals surface area contributed by atoms with Crippen LogP contribution in [0.4, 0.5) is 10.5 Å². The number of hydrogen-bond donors (Lipinski definition) is 4. The first-order chi connectivity index (χ1) is 27.2. The highest BCUT2D eigenvalue weighted by atomic mass is 32.2. The zero-order valence-corrected chi connectivity index (χ0v) is 32.1. The zero-order valence-electron chi connectivity index (χ0n) is 29.7. The Labute approximate surface area is 334 Å². The van der Waals surface area contributed by atoms with Crippen LogP contribution in [0.1, 0.15) is 25.5 Å². The quantitative estimate of drug-likeness (QED) is 0.0350. The number of aliphatic carboxylic acids is 1. The molecular formula is C34H30N8O12S3. The number of carbonyl (C=O) groups is 9. The monoisotopic (exact) mass is 838 g/mol. The number of urea groups is 1. The van der Waals surface area contributed by atoms with Gasteiger partial charge >= 0.3 is 35.8 Å². The normalized spacial score (nSPS) is 19.5. The Morgan fingerprint density at radius 3 is 2.39 bits per heavy atom. The summed E-state index contributed by atoms with van der Waals surface area (Å²) in [6.45, 7) is 1.65. The van der Waals surface area contributed by atoms with Crippen LogP contribution in [0.5, 0.6) is 11.5 Å². The van der Waals surface area contributed by atoms with Crippen LogP contribution in [-0.2, 0) is 38.4 Å². The first-order valence-electron chi connectivity index (χ1n) is 16.6. The number of carboxylic acid groups (broad SMARTS) is 1. The number of thioether (sulfide) groups is 2. The molecule has 57 heavy (non-hydrogen) atoms. The number of aromatic nitrogens is 2. The molecule has 2 fully saturated rings. The van der Waals surface area contributed by atoms with E-state index in [0.29, 0.717) is 14.8 Å². The molecule has 0 bridgehead atoms. The van der Waals surface area contributed by atoms with Gasteiger partial charge in [0, 0.05) is 50.2 Å². The van der Waals surface area contributed by atoms with Crippen molar-refractivity contribution in [1.82, 2.24) is 35.9 Å². The lowest BCUT2D eigenvalue weighted by molar-refractivity contribution is -0.163. The molecule has 6 rings (SSSR count). The molecule has 0 aliphatic carbocycles. The summed E-state index contributed by atoms with van der Waals surface area (Å²) in [6, 6.07) is 8.77. The molecule has 4 N–H and O–H groups in total. The summed E-state index contributed by atoms with van der Waals surface area (Å²) < 4.78 is 10.8. The fourth-order valence-electron chi connectivity index (χ4n) is 6.11. The van der Waals surface area contributed by atoms with Crippen LogP contribution in [0.2, 0.25) is 0 Å². The lowest BCUT2D eigenvalue weighted by Gasteiger charge is -2.56. The molecule has 3 atom stereocenters. The molecule has 2 aromatic carbocycles. The van der Waals surface area contributed by atoms with E-state index in [9.17, 15) is 48.3 Å². The molecular weight excluding hydrogens is 809 g/mol. The predicted molar refractivity (Wildman–Crippen MR) is 199 cm³/mol. The number of carboxylic acids is 1. The van der Waals surface area contributed by atoms with E-state index < -0.39 is 64.6 Å². The highest BCUT2D eigenvalue weighted by Gasteiger charge is 2.66. The molecule has 1 aromatic heterocycles. The number of anilines is 1. The van der Waals surface area contributed by atoms with E-state index in [1.54, 1.807) is 18.2 Å². The number of benzene rings is 2. The second kappa shape index (κ2) is 16.8. The minimum absolute atomic E-state index is 0.0819. The third-order valence-corrected chi connectivity index (χ3v) is 11.9. The van der Waals surface area contributed by atoms with Gasteiger partial charge in [0.15, 0.2) is 15.8 Å². The third kappa shape index (κ3) is 8.15. The molecule has 4 heterocycles. The number of nitrogens with one attached hydrogen (secondary N) is 3. The van der Waals surface area contributed by atoms with Crippen molar-refractivity contribution in [2.45, 2.75) is 35.3 Å². The predicted octanol–water partition coefficient (Wildman–Crippen LogP) is 0.619. The smallest absolute Gasteiger partial charge is 0.352 e. The summed E-state index contributed by atoms with van der Waals surface area (Å²) in [5.41, 5.74) is -0.246. The Bertz CT molecular complexity index is 2210. The Balaban J connectivity index is 1.20. The first-order valence-corrected chi connectivity index (χ1v) is 19.5. The van der Waals surface area contributed by atoms with Crippen LogP contribution in [-0.4, -0.2) is 115 Å². The minimum atomic E-state index is -2.13. The number of esters is 2. The maximum Gasteiger partial charge on any atom is 0.352 e. The van der Waals surface area contributed by atoms with Gasteiger partial charge in [0.2, 0.25) is 18.0 Å².